The smallest absolute Gasteiger partial charge is 0.363 e. The fraction of sp³-hybridized carbons (Fsp3) is 0.583. The van der Waals surface area contributed by atoms with Crippen LogP contribution in [0.15, 0.2) is 18.3 Å². The van der Waals surface area contributed by atoms with Crippen molar-refractivity contribution in [1.82, 2.24) is 4.98 Å². The van der Waals surface area contributed by atoms with Gasteiger partial charge in [-0.05, 0) is 22.4 Å². The van der Waals surface area contributed by atoms with E-state index in [9.17, 15) is 10.1 Å². The molecule has 1 unspecified atom stereocenters. The lowest BCUT2D eigenvalue weighted by Crippen LogP contribution is -2.26. The number of pyridine rings is 1. The summed E-state index contributed by atoms with van der Waals surface area (Å²) in [6, 6.07) is 3.18. The van der Waals surface area contributed by atoms with Crippen LogP contribution >= 0.6 is 0 Å². The molecule has 7 nitrogen and oxygen atoms in total. The highest BCUT2D eigenvalue weighted by Gasteiger charge is 2.33. The SMILES string of the molecule is O=[N+]([O-])c1ccc(N2CCC(C3OCCO3)C2)cn1. The predicted molar refractivity (Wildman–Crippen MR) is 66.9 cm³/mol. The van der Waals surface area contributed by atoms with E-state index in [2.05, 4.69) is 9.88 Å². The minimum atomic E-state index is -0.489. The van der Waals surface area contributed by atoms with Crippen LogP contribution in [0.5, 0.6) is 0 Å². The van der Waals surface area contributed by atoms with E-state index in [-0.39, 0.29) is 12.1 Å². The van der Waals surface area contributed by atoms with E-state index < -0.39 is 4.92 Å². The van der Waals surface area contributed by atoms with Gasteiger partial charge in [-0.3, -0.25) is 0 Å². The van der Waals surface area contributed by atoms with Crippen LogP contribution in [-0.2, 0) is 9.47 Å². The molecule has 2 aliphatic heterocycles. The second-order valence-corrected chi connectivity index (χ2v) is 4.74. The Morgan fingerprint density at radius 1 is 1.37 bits per heavy atom. The van der Waals surface area contributed by atoms with Crippen molar-refractivity contribution in [2.24, 2.45) is 5.92 Å². The molecule has 3 heterocycles. The second kappa shape index (κ2) is 5.10. The average molecular weight is 265 g/mol. The van der Waals surface area contributed by atoms with Gasteiger partial charge in [0, 0.05) is 25.1 Å². The van der Waals surface area contributed by atoms with Crippen LogP contribution in [-0.4, -0.2) is 42.5 Å². The second-order valence-electron chi connectivity index (χ2n) is 4.74. The van der Waals surface area contributed by atoms with Crippen molar-refractivity contribution in [3.63, 3.8) is 0 Å². The van der Waals surface area contributed by atoms with Crippen molar-refractivity contribution in [1.29, 1.82) is 0 Å². The van der Waals surface area contributed by atoms with Crippen molar-refractivity contribution < 1.29 is 14.4 Å². The van der Waals surface area contributed by atoms with Crippen LogP contribution in [0.4, 0.5) is 11.5 Å². The topological polar surface area (TPSA) is 77.7 Å². The molecule has 102 valence electrons. The van der Waals surface area contributed by atoms with Crippen molar-refractivity contribution in [3.8, 4) is 0 Å². The molecule has 0 aromatic carbocycles. The maximum atomic E-state index is 10.6. The Morgan fingerprint density at radius 2 is 2.16 bits per heavy atom. The molecule has 19 heavy (non-hydrogen) atoms. The van der Waals surface area contributed by atoms with Crippen LogP contribution in [0.2, 0.25) is 0 Å². The van der Waals surface area contributed by atoms with Gasteiger partial charge in [0.15, 0.2) is 12.5 Å². The average Bonchev–Trinajstić information content (AvgIpc) is 3.10. The Labute approximate surface area is 110 Å². The molecule has 0 radical (unpaired) electrons. The lowest BCUT2D eigenvalue weighted by molar-refractivity contribution is -0.389. The molecule has 2 saturated heterocycles. The number of hydrogen-bond acceptors (Lipinski definition) is 6. The van der Waals surface area contributed by atoms with Crippen molar-refractivity contribution in [2.45, 2.75) is 12.7 Å². The quantitative estimate of drug-likeness (QED) is 0.603. The number of aromatic nitrogens is 1. The summed E-state index contributed by atoms with van der Waals surface area (Å²) < 4.78 is 11.0. The molecule has 0 N–H and O–H groups in total. The first kappa shape index (κ1) is 12.3. The normalized spacial score (nSPS) is 24.0. The molecule has 0 bridgehead atoms. The Kier molecular flexibility index (Phi) is 3.31. The molecular weight excluding hydrogens is 250 g/mol. The molecule has 3 rings (SSSR count). The highest BCUT2D eigenvalue weighted by atomic mass is 16.7. The number of anilines is 1. The third kappa shape index (κ3) is 2.52. The molecule has 0 spiro atoms. The van der Waals surface area contributed by atoms with E-state index in [1.807, 2.05) is 0 Å². The third-order valence-corrected chi connectivity index (χ3v) is 3.54. The van der Waals surface area contributed by atoms with Gasteiger partial charge in [0.25, 0.3) is 0 Å². The van der Waals surface area contributed by atoms with E-state index >= 15 is 0 Å². The Bertz CT molecular complexity index is 459. The van der Waals surface area contributed by atoms with E-state index in [0.717, 1.165) is 25.2 Å². The van der Waals surface area contributed by atoms with E-state index in [0.29, 0.717) is 19.1 Å². The van der Waals surface area contributed by atoms with Gasteiger partial charge in [0.2, 0.25) is 0 Å². The van der Waals surface area contributed by atoms with Crippen LogP contribution in [0.25, 0.3) is 0 Å². The highest BCUT2D eigenvalue weighted by molar-refractivity contribution is 5.47. The van der Waals surface area contributed by atoms with E-state index in [1.165, 1.54) is 6.07 Å². The first-order valence-electron chi connectivity index (χ1n) is 6.32. The van der Waals surface area contributed by atoms with Crippen LogP contribution < -0.4 is 4.90 Å². The molecule has 2 aliphatic rings. The largest absolute Gasteiger partial charge is 0.368 e. The first-order valence-corrected chi connectivity index (χ1v) is 6.32. The van der Waals surface area contributed by atoms with Gasteiger partial charge in [0.05, 0.1) is 18.9 Å². The molecule has 0 aliphatic carbocycles. The molecule has 7 heteroatoms. The molecular formula is C12H15N3O4. The molecule has 0 saturated carbocycles. The Morgan fingerprint density at radius 3 is 2.79 bits per heavy atom. The van der Waals surface area contributed by atoms with Crippen molar-refractivity contribution >= 4 is 11.5 Å². The summed E-state index contributed by atoms with van der Waals surface area (Å²) in [5, 5.41) is 10.6. The standard InChI is InChI=1S/C12H15N3O4/c16-15(17)11-2-1-10(7-13-11)14-4-3-9(8-14)12-18-5-6-19-12/h1-2,7,9,12H,3-6,8H2. The lowest BCUT2D eigenvalue weighted by Gasteiger charge is -2.19. The third-order valence-electron chi connectivity index (χ3n) is 3.54. The van der Waals surface area contributed by atoms with Gasteiger partial charge in [-0.15, -0.1) is 0 Å². The Hall–Kier alpha value is -1.73. The van der Waals surface area contributed by atoms with Crippen LogP contribution in [0.3, 0.4) is 0 Å². The molecule has 2 fully saturated rings. The van der Waals surface area contributed by atoms with E-state index in [1.54, 1.807) is 12.3 Å². The molecule has 1 atom stereocenters. The maximum absolute atomic E-state index is 10.6. The zero-order chi connectivity index (χ0) is 13.2. The zero-order valence-electron chi connectivity index (χ0n) is 10.4. The summed E-state index contributed by atoms with van der Waals surface area (Å²) in [5.74, 6) is 0.236. The van der Waals surface area contributed by atoms with Gasteiger partial charge in [-0.1, -0.05) is 0 Å². The first-order chi connectivity index (χ1) is 9.24. The zero-order valence-corrected chi connectivity index (χ0v) is 10.4. The van der Waals surface area contributed by atoms with Gasteiger partial charge >= 0.3 is 5.82 Å². The van der Waals surface area contributed by atoms with Gasteiger partial charge in [-0.25, -0.2) is 0 Å². The van der Waals surface area contributed by atoms with Crippen molar-refractivity contribution in [3.05, 3.63) is 28.4 Å². The summed E-state index contributed by atoms with van der Waals surface area (Å²) in [6.07, 6.45) is 2.45. The summed E-state index contributed by atoms with van der Waals surface area (Å²) >= 11 is 0. The number of nitro groups is 1. The number of rotatable bonds is 3. The lowest BCUT2D eigenvalue weighted by atomic mass is 10.1. The van der Waals surface area contributed by atoms with Crippen LogP contribution in [0, 0.1) is 16.0 Å². The number of ether oxygens (including phenoxy) is 2. The fourth-order valence-corrected chi connectivity index (χ4v) is 2.57. The minimum absolute atomic E-state index is 0.101. The fourth-order valence-electron chi connectivity index (χ4n) is 2.57. The van der Waals surface area contributed by atoms with Crippen molar-refractivity contribution in [2.75, 3.05) is 31.2 Å². The molecule has 1 aromatic rings. The Balaban J connectivity index is 1.65. The monoisotopic (exact) mass is 265 g/mol. The number of nitrogens with zero attached hydrogens (tertiary/aromatic N) is 3. The predicted octanol–water partition coefficient (Wildman–Crippen LogP) is 1.19. The number of hydrogen-bond donors (Lipinski definition) is 0. The molecule has 1 aromatic heterocycles. The van der Waals surface area contributed by atoms with Gasteiger partial charge < -0.3 is 24.5 Å². The summed E-state index contributed by atoms with van der Waals surface area (Å²) in [5.41, 5.74) is 0.908. The van der Waals surface area contributed by atoms with Gasteiger partial charge in [0.1, 0.15) is 0 Å². The molecule has 0 amide bonds. The van der Waals surface area contributed by atoms with Crippen LogP contribution in [0.1, 0.15) is 6.42 Å². The van der Waals surface area contributed by atoms with Gasteiger partial charge in [-0.2, -0.15) is 0 Å². The summed E-state index contributed by atoms with van der Waals surface area (Å²) in [7, 11) is 0. The highest BCUT2D eigenvalue weighted by Crippen LogP contribution is 2.29. The summed E-state index contributed by atoms with van der Waals surface area (Å²) in [4.78, 5) is 16.1. The maximum Gasteiger partial charge on any atom is 0.363 e. The van der Waals surface area contributed by atoms with E-state index in [4.69, 9.17) is 9.47 Å². The minimum Gasteiger partial charge on any atom is -0.368 e. The summed E-state index contributed by atoms with van der Waals surface area (Å²) in [6.45, 7) is 3.07.